The third-order valence-electron chi connectivity index (χ3n) is 13.1. The number of nitrogens with one attached hydrogen (secondary N) is 13. The normalized spacial score (nSPS) is 14.3. The van der Waals surface area contributed by atoms with E-state index in [0.29, 0.717) is 31.3 Å². The molecule has 5 atom stereocenters. The average Bonchev–Trinajstić information content (AvgIpc) is 1.58. The van der Waals surface area contributed by atoms with E-state index < -0.39 is 54.6 Å². The molecule has 103 heavy (non-hydrogen) atoms. The number of aliphatic imine (C=N–C) groups is 1. The van der Waals surface area contributed by atoms with Gasteiger partial charge in [0.05, 0.1) is 24.1 Å². The predicted molar refractivity (Wildman–Crippen MR) is 406 cm³/mol. The molecule has 16 N–H and O–H groups in total. The minimum atomic E-state index is -1.21. The molecule has 0 spiro atoms. The van der Waals surface area contributed by atoms with E-state index in [-0.39, 0.29) is 17.6 Å². The van der Waals surface area contributed by atoms with E-state index in [1.165, 1.54) is 90.0 Å². The van der Waals surface area contributed by atoms with Crippen LogP contribution in [0.4, 0.5) is 21.2 Å². The summed E-state index contributed by atoms with van der Waals surface area (Å²) in [6, 6.07) is 17.4. The molecule has 0 aliphatic carbocycles. The number of pyridine rings is 2. The van der Waals surface area contributed by atoms with Crippen LogP contribution in [-0.2, 0) is 19.1 Å². The van der Waals surface area contributed by atoms with Crippen molar-refractivity contribution in [1.82, 2.24) is 84.1 Å². The smallest absolute Gasteiger partial charge is 0.333 e. The quantitative estimate of drug-likeness (QED) is 0.00730. The van der Waals surface area contributed by atoms with Crippen LogP contribution < -0.4 is 69.0 Å². The van der Waals surface area contributed by atoms with E-state index in [0.717, 1.165) is 101 Å². The second kappa shape index (κ2) is 68.7. The number of hydrazine groups is 2. The molecule has 8 amide bonds. The maximum Gasteiger partial charge on any atom is 0.333 e. The van der Waals surface area contributed by atoms with E-state index >= 15 is 0 Å². The summed E-state index contributed by atoms with van der Waals surface area (Å²) in [5.41, 5.74) is 11.6. The highest BCUT2D eigenvalue weighted by atomic mass is 16.7. The molecule has 5 aromatic rings. The summed E-state index contributed by atoms with van der Waals surface area (Å²) in [6.45, 7) is 33.9. The predicted octanol–water partition coefficient (Wildman–Crippen LogP) is 8.91. The number of aryl methyl sites for hydroxylation is 2. The zero-order valence-corrected chi connectivity index (χ0v) is 64.3. The van der Waals surface area contributed by atoms with Crippen LogP contribution in [0.3, 0.4) is 0 Å². The molecule has 0 bridgehead atoms. The molecule has 1 aliphatic rings. The van der Waals surface area contributed by atoms with Crippen LogP contribution in [0.25, 0.3) is 0 Å². The van der Waals surface area contributed by atoms with Gasteiger partial charge in [-0.05, 0) is 121 Å². The maximum atomic E-state index is 11.5. The number of aromatic amines is 1. The molecule has 4 unspecified atom stereocenters. The number of aliphatic hydroxyl groups is 3. The van der Waals surface area contributed by atoms with Gasteiger partial charge >= 0.3 is 18.0 Å². The number of furan rings is 1. The first-order valence-electron chi connectivity index (χ1n) is 35.8. The lowest BCUT2D eigenvalue weighted by atomic mass is 10.0. The van der Waals surface area contributed by atoms with Gasteiger partial charge in [0.25, 0.3) is 5.91 Å². The number of carbonyl (C=O) groups excluding carboxylic acids is 6. The van der Waals surface area contributed by atoms with Gasteiger partial charge < -0.3 is 71.2 Å². The zero-order valence-electron chi connectivity index (χ0n) is 64.3. The van der Waals surface area contributed by atoms with Crippen molar-refractivity contribution in [3.63, 3.8) is 0 Å². The Morgan fingerprint density at radius 3 is 1.53 bits per heavy atom. The molecule has 1 saturated heterocycles. The van der Waals surface area contributed by atoms with Gasteiger partial charge in [0, 0.05) is 91.6 Å². The van der Waals surface area contributed by atoms with Crippen LogP contribution in [0.5, 0.6) is 5.75 Å². The van der Waals surface area contributed by atoms with Gasteiger partial charge in [-0.2, -0.15) is 4.98 Å². The Hall–Kier alpha value is -9.01. The molecular weight excluding hydrogens is 1320 g/mol. The number of ether oxygens (including phenoxy) is 3. The number of aliphatic hydroxyl groups excluding tert-OH is 3. The highest BCUT2D eigenvalue weighted by molar-refractivity contribution is 5.95. The average molecular weight is 1450 g/mol. The number of methoxy groups -OCH3 is 1. The van der Waals surface area contributed by atoms with Crippen molar-refractivity contribution in [2.75, 3.05) is 72.0 Å². The highest BCUT2D eigenvalue weighted by Gasteiger charge is 2.41. The SMILES string of the molecule is CCCCC.CCCCNC(=NC)NCC.CCCCNC(=O)NNC(=O)c1cccnc1.CCCCNC(=O)NNC(=O)c1ccco1.CCCCNC(C)=O.CCCCNCOc1cccnc1.CCCNC(C)=O.COC1OC(C)C(O)[C@H](O)C1O.Cc1ccc(Nc2n[nH]c(C)n2)cc1. The number of anilines is 2. The summed E-state index contributed by atoms with van der Waals surface area (Å²) in [7, 11) is 3.15. The number of hydrogen-bond donors (Lipinski definition) is 16. The second-order valence-corrected chi connectivity index (χ2v) is 22.6. The molecule has 0 saturated carbocycles. The van der Waals surface area contributed by atoms with Crippen LogP contribution >= 0.6 is 0 Å². The van der Waals surface area contributed by atoms with Crippen molar-refractivity contribution in [1.29, 1.82) is 0 Å². The molecule has 1 fully saturated rings. The zero-order chi connectivity index (χ0) is 77.7. The molecule has 0 radical (unpaired) electrons. The first-order valence-corrected chi connectivity index (χ1v) is 35.8. The van der Waals surface area contributed by atoms with Crippen LogP contribution in [0.2, 0.25) is 0 Å². The van der Waals surface area contributed by atoms with Crippen LogP contribution in [0, 0.1) is 13.8 Å². The van der Waals surface area contributed by atoms with Crippen molar-refractivity contribution in [2.45, 2.75) is 218 Å². The van der Waals surface area contributed by atoms with E-state index in [4.69, 9.17) is 18.6 Å². The Morgan fingerprint density at radius 2 is 1.10 bits per heavy atom. The van der Waals surface area contributed by atoms with E-state index in [9.17, 15) is 44.1 Å². The lowest BCUT2D eigenvalue weighted by molar-refractivity contribution is -0.286. The molecule has 1 aliphatic heterocycles. The molecule has 31 nitrogen and oxygen atoms in total. The Bertz CT molecular complexity index is 2840. The van der Waals surface area contributed by atoms with Crippen molar-refractivity contribution < 1.29 is 62.7 Å². The molecule has 6 rings (SSSR count). The number of benzene rings is 1. The maximum absolute atomic E-state index is 11.5. The standard InChI is InChI=1S/C11H16N4O2.C10H12N4.C10H15N3O3.C10H16N2O.C8H19N3.C7H14O5.C6H13NO.C5H11NO.C5H12/c1-2-3-7-13-11(17)15-14-10(16)9-5-4-6-12-8-9;1-7-3-5-9(6-4-7)12-10-11-8(2)13-14-10;1-2-3-6-11-10(15)13-12-9(14)8-5-4-7-16-8;1-2-3-6-12-9-13-10-5-4-7-11-8-10;1-4-6-7-11-8(9-3)10-5-2;1-3-4(8)5(9)6(10)7(11-2)12-3;1-3-4-5-7-6(2)8;1-3-4-6-5(2)7;1-3-5-4-2/h4-6,8H,2-3,7H2,1H3,(H,14,16)(H2,13,15,17);3-6H,1-2H3,(H2,11,12,13,14);4-5,7H,2-3,6H2,1H3,(H,12,14)(H2,11,13,15);4-5,7-8,12H,2-3,6,9H2,1H3;4-7H2,1-3H3,(H2,9,10,11);3-10H,1-2H3;3-5H2,1-2H3,(H,7,8);3-4H2,1-2H3,(H,6,7);3-5H2,1-2H3/t;;;;;3?,4?,5-,6?,7?;;;/m.....0.../s1. The molecule has 1 aromatic carbocycles. The fraction of sp³-hybridized carbons (Fsp3) is 0.597. The lowest BCUT2D eigenvalue weighted by Crippen LogP contribution is -2.57. The van der Waals surface area contributed by atoms with Gasteiger partial charge in [0.15, 0.2) is 18.0 Å². The Morgan fingerprint density at radius 1 is 0.573 bits per heavy atom. The van der Waals surface area contributed by atoms with Crippen molar-refractivity contribution in [2.24, 2.45) is 4.99 Å². The Balaban J connectivity index is -0.00000111. The third-order valence-corrected chi connectivity index (χ3v) is 13.1. The number of urea groups is 2. The number of guanidine groups is 1. The lowest BCUT2D eigenvalue weighted by Gasteiger charge is -2.38. The van der Waals surface area contributed by atoms with Crippen molar-refractivity contribution in [3.8, 4) is 5.75 Å². The molecule has 4 aromatic heterocycles. The van der Waals surface area contributed by atoms with Gasteiger partial charge in [-0.3, -0.25) is 55.4 Å². The second-order valence-electron chi connectivity index (χ2n) is 22.6. The number of aromatic nitrogens is 5. The van der Waals surface area contributed by atoms with Crippen molar-refractivity contribution >= 4 is 53.3 Å². The third kappa shape index (κ3) is 58.2. The van der Waals surface area contributed by atoms with Gasteiger partial charge in [-0.1, -0.05) is 124 Å². The number of nitrogens with zero attached hydrogens (tertiary/aromatic N) is 5. The molecule has 5 heterocycles. The Kier molecular flexibility index (Phi) is 65.5. The summed E-state index contributed by atoms with van der Waals surface area (Å²) in [5, 5.41) is 57.7. The fourth-order valence-corrected chi connectivity index (χ4v) is 7.29. The number of rotatable bonds is 28. The largest absolute Gasteiger partial charge is 0.477 e. The summed E-state index contributed by atoms with van der Waals surface area (Å²) in [6.07, 6.45) is 18.9. The van der Waals surface area contributed by atoms with Crippen LogP contribution in [-0.4, -0.2) is 180 Å². The van der Waals surface area contributed by atoms with E-state index in [2.05, 4.69) is 143 Å². The Labute approximate surface area is 612 Å². The number of H-pyrrole nitrogens is 1. The molecule has 31 heteroatoms. The monoisotopic (exact) mass is 1450 g/mol. The minimum Gasteiger partial charge on any atom is -0.477 e. The summed E-state index contributed by atoms with van der Waals surface area (Å²) >= 11 is 0. The van der Waals surface area contributed by atoms with E-state index in [1.54, 1.807) is 50.8 Å². The van der Waals surface area contributed by atoms with Crippen LogP contribution in [0.15, 0.2) is 101 Å². The molecular formula is C72H128N18O13. The first-order chi connectivity index (χ1) is 49.5. The highest BCUT2D eigenvalue weighted by Crippen LogP contribution is 2.21. The number of carbonyl (C=O) groups is 6. The first kappa shape index (κ1) is 98.2. The van der Waals surface area contributed by atoms with Gasteiger partial charge in [-0.25, -0.2) is 20.4 Å². The topological polar surface area (TPSA) is 428 Å². The van der Waals surface area contributed by atoms with Crippen LogP contribution in [0.1, 0.15) is 205 Å². The number of hydrogen-bond acceptors (Lipinski definition) is 20. The van der Waals surface area contributed by atoms with Crippen molar-refractivity contribution in [3.05, 3.63) is 114 Å². The summed E-state index contributed by atoms with van der Waals surface area (Å²) < 4.78 is 20.0. The summed E-state index contributed by atoms with van der Waals surface area (Å²) in [4.78, 5) is 81.3. The molecule has 584 valence electrons. The summed E-state index contributed by atoms with van der Waals surface area (Å²) in [5.74, 6) is 2.51. The fourth-order valence-electron chi connectivity index (χ4n) is 7.29. The number of amides is 8. The van der Waals surface area contributed by atoms with Gasteiger partial charge in [0.2, 0.25) is 17.8 Å². The minimum absolute atomic E-state index is 0.0573. The number of unbranched alkanes of at least 4 members (excludes halogenated alkanes) is 7. The van der Waals surface area contributed by atoms with E-state index in [1.807, 2.05) is 64.1 Å². The van der Waals surface area contributed by atoms with Gasteiger partial charge in [0.1, 0.15) is 36.6 Å². The van der Waals surface area contributed by atoms with Gasteiger partial charge in [-0.15, -0.1) is 5.10 Å².